The topological polar surface area (TPSA) is 61.8 Å². The summed E-state index contributed by atoms with van der Waals surface area (Å²) in [5.74, 6) is 0.113. The van der Waals surface area contributed by atoms with Crippen molar-refractivity contribution in [2.75, 3.05) is 13.7 Å². The zero-order valence-electron chi connectivity index (χ0n) is 19.1. The minimum atomic E-state index is -1.73. The number of cyclic esters (lactones) is 1. The third-order valence-electron chi connectivity index (χ3n) is 9.48. The molecule has 0 aromatic carbocycles. The van der Waals surface area contributed by atoms with E-state index < -0.39 is 13.7 Å². The van der Waals surface area contributed by atoms with Crippen LogP contribution in [-0.4, -0.2) is 40.1 Å². The smallest absolute Gasteiger partial charge is 0.312 e. The third-order valence-corrected chi connectivity index (χ3v) is 10.5. The molecule has 4 bridgehead atoms. The van der Waals surface area contributed by atoms with E-state index in [0.717, 1.165) is 38.5 Å². The number of esters is 2. The number of hydrogen-bond acceptors (Lipinski definition) is 5. The minimum absolute atomic E-state index is 0.00497. The summed E-state index contributed by atoms with van der Waals surface area (Å²) in [6.45, 7) is 13.7. The highest BCUT2D eigenvalue weighted by Crippen LogP contribution is 2.79. The largest absolute Gasteiger partial charge is 0.469 e. The maximum Gasteiger partial charge on any atom is 0.312 e. The zero-order chi connectivity index (χ0) is 21.7. The first-order chi connectivity index (χ1) is 14.0. The SMILES string of the molecule is C=C1C[C@]23CC1[C@@H](O[Si](C)(C)C)C[C@H]2[C@@]12CCCC(C)(C(=O)OC1)[C@H]2[C@@H]3C(=O)OC. The molecule has 5 nitrogen and oxygen atoms in total. The molecule has 1 aliphatic heterocycles. The van der Waals surface area contributed by atoms with Gasteiger partial charge in [0.15, 0.2) is 8.32 Å². The van der Waals surface area contributed by atoms with Gasteiger partial charge in [0, 0.05) is 11.3 Å². The predicted octanol–water partition coefficient (Wildman–Crippen LogP) is 4.33. The van der Waals surface area contributed by atoms with Crippen LogP contribution in [-0.2, 0) is 23.5 Å². The van der Waals surface area contributed by atoms with Crippen LogP contribution < -0.4 is 0 Å². The fourth-order valence-corrected chi connectivity index (χ4v) is 9.99. The standard InChI is InChI=1S/C24H36O5Si/c1-14-11-24-12-15(14)16(29-30(4,5)6)10-17(24)23-9-7-8-22(2,21(26)28-13-23)19(23)18(24)20(25)27-3/h15-19H,1,7-13H2,2-6H3/t15?,16-,17-,18+,19+,22?,23+,24-/m0/s1. The van der Waals surface area contributed by atoms with Gasteiger partial charge in [-0.2, -0.15) is 0 Å². The van der Waals surface area contributed by atoms with Crippen LogP contribution in [0.5, 0.6) is 0 Å². The van der Waals surface area contributed by atoms with Gasteiger partial charge in [0.05, 0.1) is 31.2 Å². The van der Waals surface area contributed by atoms with Crippen molar-refractivity contribution in [3.63, 3.8) is 0 Å². The van der Waals surface area contributed by atoms with E-state index in [-0.39, 0.29) is 40.7 Å². The molecule has 0 aromatic heterocycles. The molecule has 30 heavy (non-hydrogen) atoms. The number of carbonyl (C=O) groups is 2. The average Bonchev–Trinajstić information content (AvgIpc) is 3.09. The summed E-state index contributed by atoms with van der Waals surface area (Å²) in [6, 6.07) is 0. The van der Waals surface area contributed by atoms with Gasteiger partial charge >= 0.3 is 11.9 Å². The molecule has 4 saturated carbocycles. The van der Waals surface area contributed by atoms with Crippen LogP contribution in [0.25, 0.3) is 0 Å². The number of hydrogen-bond donors (Lipinski definition) is 0. The first-order valence-corrected chi connectivity index (χ1v) is 15.0. The molecule has 5 fully saturated rings. The van der Waals surface area contributed by atoms with Crippen molar-refractivity contribution in [3.05, 3.63) is 12.2 Å². The van der Waals surface area contributed by atoms with Gasteiger partial charge in [-0.3, -0.25) is 9.59 Å². The van der Waals surface area contributed by atoms with Crippen molar-refractivity contribution < 1.29 is 23.5 Å². The van der Waals surface area contributed by atoms with Crippen molar-refractivity contribution >= 4 is 20.3 Å². The Bertz CT molecular complexity index is 817. The Labute approximate surface area is 181 Å². The van der Waals surface area contributed by atoms with E-state index in [4.69, 9.17) is 13.9 Å². The van der Waals surface area contributed by atoms with E-state index in [1.54, 1.807) is 0 Å². The molecule has 5 aliphatic rings. The molecule has 6 heteroatoms. The minimum Gasteiger partial charge on any atom is -0.469 e. The van der Waals surface area contributed by atoms with Gasteiger partial charge in [0.25, 0.3) is 0 Å². The molecule has 4 aliphatic carbocycles. The summed E-state index contributed by atoms with van der Waals surface area (Å²) >= 11 is 0. The van der Waals surface area contributed by atoms with Crippen molar-refractivity contribution in [1.82, 2.24) is 0 Å². The molecule has 0 N–H and O–H groups in total. The van der Waals surface area contributed by atoms with Crippen LogP contribution in [0.1, 0.15) is 45.4 Å². The molecule has 1 heterocycles. The van der Waals surface area contributed by atoms with E-state index in [2.05, 4.69) is 26.2 Å². The Morgan fingerprint density at radius 1 is 1.23 bits per heavy atom. The summed E-state index contributed by atoms with van der Waals surface area (Å²) in [4.78, 5) is 26.4. The van der Waals surface area contributed by atoms with E-state index >= 15 is 0 Å². The Hall–Kier alpha value is -1.14. The number of carbonyl (C=O) groups excluding carboxylic acids is 2. The van der Waals surface area contributed by atoms with Crippen LogP contribution in [0.4, 0.5) is 0 Å². The number of ether oxygens (including phenoxy) is 2. The lowest BCUT2D eigenvalue weighted by atomic mass is 9.51. The van der Waals surface area contributed by atoms with E-state index in [1.165, 1.54) is 12.7 Å². The first kappa shape index (κ1) is 20.7. The van der Waals surface area contributed by atoms with Gasteiger partial charge in [-0.05, 0) is 75.9 Å². The maximum absolute atomic E-state index is 13.4. The summed E-state index contributed by atoms with van der Waals surface area (Å²) < 4.78 is 18.0. The van der Waals surface area contributed by atoms with E-state index in [9.17, 15) is 9.59 Å². The number of fused-ring (bicyclic) bond motifs is 1. The molecule has 1 spiro atoms. The molecule has 166 valence electrons. The molecule has 5 rings (SSSR count). The lowest BCUT2D eigenvalue weighted by Crippen LogP contribution is -2.58. The Kier molecular flexibility index (Phi) is 4.30. The highest BCUT2D eigenvalue weighted by molar-refractivity contribution is 6.69. The Morgan fingerprint density at radius 2 is 1.97 bits per heavy atom. The second-order valence-corrected chi connectivity index (χ2v) is 16.5. The molecule has 0 aromatic rings. The van der Waals surface area contributed by atoms with Gasteiger partial charge < -0.3 is 13.9 Å². The molecule has 0 radical (unpaired) electrons. The lowest BCUT2D eigenvalue weighted by Gasteiger charge is -2.56. The zero-order valence-corrected chi connectivity index (χ0v) is 20.1. The van der Waals surface area contributed by atoms with Crippen LogP contribution in [0, 0.1) is 39.9 Å². The Balaban J connectivity index is 1.67. The van der Waals surface area contributed by atoms with Gasteiger partial charge in [0.1, 0.15) is 0 Å². The predicted molar refractivity (Wildman–Crippen MR) is 115 cm³/mol. The van der Waals surface area contributed by atoms with Crippen molar-refractivity contribution in [2.24, 2.45) is 39.9 Å². The number of methoxy groups -OCH3 is 1. The summed E-state index contributed by atoms with van der Waals surface area (Å²) in [5, 5.41) is 0. The van der Waals surface area contributed by atoms with Crippen molar-refractivity contribution in [3.8, 4) is 0 Å². The van der Waals surface area contributed by atoms with Crippen molar-refractivity contribution in [1.29, 1.82) is 0 Å². The number of rotatable bonds is 3. The van der Waals surface area contributed by atoms with Crippen LogP contribution in [0.2, 0.25) is 19.6 Å². The Morgan fingerprint density at radius 3 is 2.63 bits per heavy atom. The lowest BCUT2D eigenvalue weighted by molar-refractivity contribution is -0.201. The third kappa shape index (κ3) is 2.44. The quantitative estimate of drug-likeness (QED) is 0.377. The van der Waals surface area contributed by atoms with Gasteiger partial charge in [-0.15, -0.1) is 0 Å². The van der Waals surface area contributed by atoms with E-state index in [0.29, 0.717) is 18.4 Å². The van der Waals surface area contributed by atoms with Gasteiger partial charge in [-0.1, -0.05) is 18.6 Å². The first-order valence-electron chi connectivity index (χ1n) is 11.6. The van der Waals surface area contributed by atoms with Crippen LogP contribution in [0.15, 0.2) is 12.2 Å². The average molecular weight is 433 g/mol. The summed E-state index contributed by atoms with van der Waals surface area (Å²) in [6.07, 6.45) is 5.76. The van der Waals surface area contributed by atoms with Crippen LogP contribution >= 0.6 is 0 Å². The van der Waals surface area contributed by atoms with Crippen molar-refractivity contribution in [2.45, 2.75) is 71.2 Å². The van der Waals surface area contributed by atoms with Crippen LogP contribution in [0.3, 0.4) is 0 Å². The normalized spacial score (nSPS) is 49.3. The summed E-state index contributed by atoms with van der Waals surface area (Å²) in [7, 11) is -0.228. The fourth-order valence-electron chi connectivity index (χ4n) is 8.82. The van der Waals surface area contributed by atoms with Gasteiger partial charge in [-0.25, -0.2) is 0 Å². The fraction of sp³-hybridized carbons (Fsp3) is 0.833. The summed E-state index contributed by atoms with van der Waals surface area (Å²) in [5.41, 5.74) is 0.321. The molecule has 1 saturated heterocycles. The molecule has 0 amide bonds. The maximum atomic E-state index is 13.4. The van der Waals surface area contributed by atoms with Gasteiger partial charge in [0.2, 0.25) is 0 Å². The molecular weight excluding hydrogens is 396 g/mol. The molecule has 2 unspecified atom stereocenters. The highest BCUT2D eigenvalue weighted by atomic mass is 28.4. The van der Waals surface area contributed by atoms with E-state index in [1.807, 2.05) is 6.92 Å². The highest BCUT2D eigenvalue weighted by Gasteiger charge is 2.79. The monoisotopic (exact) mass is 432 g/mol. The second-order valence-electron chi connectivity index (χ2n) is 12.0. The molecule has 8 atom stereocenters. The molecular formula is C24H36O5Si. The second kappa shape index (κ2) is 6.22.